The number of anilines is 1. The zero-order chi connectivity index (χ0) is 12.3. The summed E-state index contributed by atoms with van der Waals surface area (Å²) in [5.41, 5.74) is 0.802. The van der Waals surface area contributed by atoms with Crippen molar-refractivity contribution >= 4 is 71.0 Å². The first kappa shape index (κ1) is 14.5. The highest BCUT2D eigenvalue weighted by Crippen LogP contribution is 2.37. The lowest BCUT2D eigenvalue weighted by molar-refractivity contribution is -0.116. The summed E-state index contributed by atoms with van der Waals surface area (Å²) in [5, 5.41) is 0. The highest BCUT2D eigenvalue weighted by molar-refractivity contribution is 9.11. The molecule has 0 radical (unpaired) electrons. The molecule has 1 aromatic rings. The average Bonchev–Trinajstić information content (AvgIpc) is 2.22. The molecule has 1 aromatic carbocycles. The van der Waals surface area contributed by atoms with Crippen molar-refractivity contribution in [2.45, 2.75) is 6.92 Å². The Balaban J connectivity index is 3.25. The lowest BCUT2D eigenvalue weighted by Crippen LogP contribution is -2.32. The standard InChI is InChI=1S/C10H9Br3ClNO/c1-2-15(9(16)5-14)10-7(12)3-6(11)4-8(10)13/h3-4H,2,5H2,1H3. The number of rotatable bonds is 3. The molecule has 0 saturated carbocycles. The minimum Gasteiger partial charge on any atom is -0.309 e. The van der Waals surface area contributed by atoms with Crippen LogP contribution in [0.5, 0.6) is 0 Å². The van der Waals surface area contributed by atoms with Crippen molar-refractivity contribution in [2.24, 2.45) is 0 Å². The first-order chi connectivity index (χ1) is 7.51. The van der Waals surface area contributed by atoms with E-state index < -0.39 is 0 Å². The lowest BCUT2D eigenvalue weighted by atomic mass is 10.3. The molecule has 0 aromatic heterocycles. The molecule has 0 fully saturated rings. The van der Waals surface area contributed by atoms with E-state index in [1.807, 2.05) is 19.1 Å². The van der Waals surface area contributed by atoms with Gasteiger partial charge in [0.2, 0.25) is 5.91 Å². The number of amides is 1. The summed E-state index contributed by atoms with van der Waals surface area (Å²) in [5.74, 6) is -0.143. The molecule has 16 heavy (non-hydrogen) atoms. The van der Waals surface area contributed by atoms with Gasteiger partial charge < -0.3 is 4.90 Å². The number of hydrogen-bond donors (Lipinski definition) is 0. The Labute approximate surface area is 125 Å². The maximum atomic E-state index is 11.7. The first-order valence-electron chi connectivity index (χ1n) is 4.52. The van der Waals surface area contributed by atoms with Crippen LogP contribution in [0.3, 0.4) is 0 Å². The fourth-order valence-corrected chi connectivity index (χ4v) is 4.15. The third-order valence-electron chi connectivity index (χ3n) is 1.98. The van der Waals surface area contributed by atoms with E-state index in [1.54, 1.807) is 4.90 Å². The average molecular weight is 434 g/mol. The van der Waals surface area contributed by atoms with Crippen LogP contribution in [-0.2, 0) is 4.79 Å². The monoisotopic (exact) mass is 431 g/mol. The van der Waals surface area contributed by atoms with Gasteiger partial charge in [-0.1, -0.05) is 15.9 Å². The van der Waals surface area contributed by atoms with E-state index in [1.165, 1.54) is 0 Å². The second-order valence-corrected chi connectivity index (χ2v) is 5.88. The number of hydrogen-bond acceptors (Lipinski definition) is 1. The van der Waals surface area contributed by atoms with Crippen LogP contribution in [0.2, 0.25) is 0 Å². The number of alkyl halides is 1. The van der Waals surface area contributed by atoms with Gasteiger partial charge in [0.1, 0.15) is 5.88 Å². The Kier molecular flexibility index (Phi) is 5.77. The van der Waals surface area contributed by atoms with Gasteiger partial charge in [0.25, 0.3) is 0 Å². The predicted molar refractivity (Wildman–Crippen MR) is 78.3 cm³/mol. The zero-order valence-corrected chi connectivity index (χ0v) is 14.0. The topological polar surface area (TPSA) is 20.3 Å². The summed E-state index contributed by atoms with van der Waals surface area (Å²) in [6.07, 6.45) is 0. The molecule has 0 spiro atoms. The van der Waals surface area contributed by atoms with Crippen LogP contribution in [0.25, 0.3) is 0 Å². The number of carbonyl (C=O) groups is 1. The van der Waals surface area contributed by atoms with Gasteiger partial charge in [-0.15, -0.1) is 11.6 Å². The van der Waals surface area contributed by atoms with E-state index in [9.17, 15) is 4.79 Å². The highest BCUT2D eigenvalue weighted by atomic mass is 79.9. The minimum absolute atomic E-state index is 0.0250. The molecule has 0 unspecified atom stereocenters. The quantitative estimate of drug-likeness (QED) is 0.639. The van der Waals surface area contributed by atoms with Gasteiger partial charge in [0.05, 0.1) is 5.69 Å². The third kappa shape index (κ3) is 3.22. The SMILES string of the molecule is CCN(C(=O)CCl)c1c(Br)cc(Br)cc1Br. The molecular weight excluding hydrogens is 425 g/mol. The van der Waals surface area contributed by atoms with Gasteiger partial charge in [-0.05, 0) is 50.9 Å². The maximum absolute atomic E-state index is 11.7. The van der Waals surface area contributed by atoms with Crippen molar-refractivity contribution in [1.82, 2.24) is 0 Å². The molecule has 1 rings (SSSR count). The Morgan fingerprint density at radius 1 is 1.31 bits per heavy atom. The fourth-order valence-electron chi connectivity index (χ4n) is 1.32. The molecule has 6 heteroatoms. The molecule has 88 valence electrons. The van der Waals surface area contributed by atoms with E-state index in [2.05, 4.69) is 47.8 Å². The fraction of sp³-hybridized carbons (Fsp3) is 0.300. The van der Waals surface area contributed by atoms with Crippen LogP contribution >= 0.6 is 59.4 Å². The summed E-state index contributed by atoms with van der Waals surface area (Å²) < 4.78 is 2.62. The van der Waals surface area contributed by atoms with Crippen molar-refractivity contribution in [3.05, 3.63) is 25.6 Å². The van der Waals surface area contributed by atoms with Gasteiger partial charge in [-0.25, -0.2) is 0 Å². The largest absolute Gasteiger partial charge is 0.309 e. The van der Waals surface area contributed by atoms with Crippen LogP contribution in [0.15, 0.2) is 25.6 Å². The number of halogens is 4. The van der Waals surface area contributed by atoms with Gasteiger partial charge in [-0.2, -0.15) is 0 Å². The molecular formula is C10H9Br3ClNO. The molecule has 0 saturated heterocycles. The second-order valence-electron chi connectivity index (χ2n) is 2.99. The van der Waals surface area contributed by atoms with Gasteiger partial charge in [0, 0.05) is 20.0 Å². The molecule has 0 aliphatic rings. The Hall–Kier alpha value is 0.420. The summed E-state index contributed by atoms with van der Waals surface area (Å²) >= 11 is 15.8. The Morgan fingerprint density at radius 2 is 1.81 bits per heavy atom. The lowest BCUT2D eigenvalue weighted by Gasteiger charge is -2.23. The van der Waals surface area contributed by atoms with Crippen LogP contribution in [-0.4, -0.2) is 18.3 Å². The van der Waals surface area contributed by atoms with Gasteiger partial charge >= 0.3 is 0 Å². The Bertz CT molecular complexity index is 388. The van der Waals surface area contributed by atoms with E-state index >= 15 is 0 Å². The highest BCUT2D eigenvalue weighted by Gasteiger charge is 2.18. The Morgan fingerprint density at radius 3 is 2.19 bits per heavy atom. The number of benzene rings is 1. The summed E-state index contributed by atoms with van der Waals surface area (Å²) in [7, 11) is 0. The molecule has 0 atom stereocenters. The van der Waals surface area contributed by atoms with Crippen molar-refractivity contribution < 1.29 is 4.79 Å². The zero-order valence-electron chi connectivity index (χ0n) is 8.44. The summed E-state index contributed by atoms with van der Waals surface area (Å²) in [6, 6.07) is 3.79. The molecule has 0 aliphatic carbocycles. The smallest absolute Gasteiger partial charge is 0.241 e. The molecule has 1 amide bonds. The van der Waals surface area contributed by atoms with E-state index in [-0.39, 0.29) is 11.8 Å². The van der Waals surface area contributed by atoms with E-state index in [0.29, 0.717) is 6.54 Å². The first-order valence-corrected chi connectivity index (χ1v) is 7.43. The molecule has 2 nitrogen and oxygen atoms in total. The number of nitrogens with zero attached hydrogens (tertiary/aromatic N) is 1. The summed E-state index contributed by atoms with van der Waals surface area (Å²) in [6.45, 7) is 2.48. The van der Waals surface area contributed by atoms with Crippen molar-refractivity contribution in [1.29, 1.82) is 0 Å². The molecule has 0 bridgehead atoms. The van der Waals surface area contributed by atoms with E-state index in [4.69, 9.17) is 11.6 Å². The van der Waals surface area contributed by atoms with Crippen LogP contribution in [0.4, 0.5) is 5.69 Å². The van der Waals surface area contributed by atoms with Gasteiger partial charge in [-0.3, -0.25) is 4.79 Å². The minimum atomic E-state index is -0.118. The van der Waals surface area contributed by atoms with E-state index in [0.717, 1.165) is 19.1 Å². The van der Waals surface area contributed by atoms with Crippen molar-refractivity contribution in [3.8, 4) is 0 Å². The predicted octanol–water partition coefficient (Wildman–Crippen LogP) is 4.57. The van der Waals surface area contributed by atoms with Crippen molar-refractivity contribution in [3.63, 3.8) is 0 Å². The van der Waals surface area contributed by atoms with Gasteiger partial charge in [0.15, 0.2) is 0 Å². The van der Waals surface area contributed by atoms with Crippen LogP contribution in [0, 0.1) is 0 Å². The van der Waals surface area contributed by atoms with Crippen LogP contribution < -0.4 is 4.90 Å². The third-order valence-corrected chi connectivity index (χ3v) is 3.88. The van der Waals surface area contributed by atoms with Crippen LogP contribution in [0.1, 0.15) is 6.92 Å². The molecule has 0 aliphatic heterocycles. The normalized spacial score (nSPS) is 10.3. The molecule has 0 N–H and O–H groups in total. The number of carbonyl (C=O) groups excluding carboxylic acids is 1. The summed E-state index contributed by atoms with van der Waals surface area (Å²) in [4.78, 5) is 13.3. The molecule has 0 heterocycles. The second kappa shape index (κ2) is 6.38. The van der Waals surface area contributed by atoms with Crippen molar-refractivity contribution in [2.75, 3.05) is 17.3 Å². The maximum Gasteiger partial charge on any atom is 0.241 e.